The number of furan rings is 1. The van der Waals surface area contributed by atoms with Crippen molar-refractivity contribution in [1.29, 1.82) is 0 Å². The first kappa shape index (κ1) is 21.6. The van der Waals surface area contributed by atoms with Crippen molar-refractivity contribution in [2.24, 2.45) is 0 Å². The number of fused-ring (bicyclic) bond motifs is 2. The van der Waals surface area contributed by atoms with Gasteiger partial charge in [0.05, 0.1) is 31.5 Å². The van der Waals surface area contributed by atoms with E-state index >= 15 is 0 Å². The first-order chi connectivity index (χ1) is 17.1. The normalized spacial score (nSPS) is 11.4. The number of nitrogens with zero attached hydrogens (tertiary/aromatic N) is 4. The standard InChI is InChI=1S/C25H20N4O4S2/c1-14-6-4-5-7-17(14)23-26-15(13-34-23)12-32-20-8-16(30-2)9-21-18(20)10-22(33-21)19-11-29-24(27-19)35-25(28-29)31-3/h4-11,13H,12H2,1-3H3. The molecule has 0 aliphatic rings. The van der Waals surface area contributed by atoms with Gasteiger partial charge in [-0.3, -0.25) is 0 Å². The van der Waals surface area contributed by atoms with E-state index in [1.807, 2.05) is 41.9 Å². The van der Waals surface area contributed by atoms with Gasteiger partial charge in [0.2, 0.25) is 4.96 Å². The highest BCUT2D eigenvalue weighted by molar-refractivity contribution is 7.18. The average Bonchev–Trinajstić information content (AvgIpc) is 3.64. The van der Waals surface area contributed by atoms with Gasteiger partial charge in [-0.25, -0.2) is 14.5 Å². The first-order valence-electron chi connectivity index (χ1n) is 10.8. The molecule has 0 aliphatic heterocycles. The Morgan fingerprint density at radius 3 is 2.74 bits per heavy atom. The largest absolute Gasteiger partial charge is 0.496 e. The van der Waals surface area contributed by atoms with Crippen molar-refractivity contribution in [3.63, 3.8) is 0 Å². The van der Waals surface area contributed by atoms with Crippen LogP contribution in [0.5, 0.6) is 16.7 Å². The molecule has 0 N–H and O–H groups in total. The van der Waals surface area contributed by atoms with Crippen molar-refractivity contribution in [2.45, 2.75) is 13.5 Å². The van der Waals surface area contributed by atoms with Crippen LogP contribution in [0.15, 0.2) is 58.5 Å². The molecule has 0 unspecified atom stereocenters. The maximum atomic E-state index is 6.20. The third-order valence-corrected chi connectivity index (χ3v) is 7.37. The Morgan fingerprint density at radius 1 is 1.06 bits per heavy atom. The van der Waals surface area contributed by atoms with Gasteiger partial charge in [0.15, 0.2) is 5.76 Å². The van der Waals surface area contributed by atoms with Crippen molar-refractivity contribution in [1.82, 2.24) is 19.6 Å². The maximum absolute atomic E-state index is 6.20. The number of hydrogen-bond donors (Lipinski definition) is 0. The molecule has 0 saturated carbocycles. The Labute approximate surface area is 208 Å². The van der Waals surface area contributed by atoms with Crippen molar-refractivity contribution >= 4 is 38.6 Å². The summed E-state index contributed by atoms with van der Waals surface area (Å²) in [4.78, 5) is 10.1. The lowest BCUT2D eigenvalue weighted by atomic mass is 10.1. The minimum absolute atomic E-state index is 0.328. The SMILES string of the molecule is COc1cc(OCc2csc(-c3ccccc3C)n2)c2cc(-c3cn4nc(OC)sc4n3)oc2c1. The average molecular weight is 505 g/mol. The zero-order chi connectivity index (χ0) is 23.9. The van der Waals surface area contributed by atoms with Gasteiger partial charge in [-0.1, -0.05) is 24.3 Å². The van der Waals surface area contributed by atoms with Crippen LogP contribution in [0.2, 0.25) is 0 Å². The van der Waals surface area contributed by atoms with Crippen molar-refractivity contribution in [3.05, 3.63) is 65.3 Å². The molecule has 4 aromatic heterocycles. The number of aryl methyl sites for hydroxylation is 1. The second-order valence-electron chi connectivity index (χ2n) is 7.82. The van der Waals surface area contributed by atoms with Gasteiger partial charge in [0.25, 0.3) is 5.19 Å². The summed E-state index contributed by atoms with van der Waals surface area (Å²) in [5, 5.41) is 8.72. The highest BCUT2D eigenvalue weighted by atomic mass is 32.1. The fraction of sp³-hybridized carbons (Fsp3) is 0.160. The predicted molar refractivity (Wildman–Crippen MR) is 136 cm³/mol. The zero-order valence-corrected chi connectivity index (χ0v) is 20.8. The minimum Gasteiger partial charge on any atom is -0.496 e. The third-order valence-electron chi connectivity index (χ3n) is 5.56. The van der Waals surface area contributed by atoms with Gasteiger partial charge >= 0.3 is 0 Å². The van der Waals surface area contributed by atoms with Crippen molar-refractivity contribution < 1.29 is 18.6 Å². The molecular formula is C25H20N4O4S2. The van der Waals surface area contributed by atoms with Crippen LogP contribution >= 0.6 is 22.7 Å². The summed E-state index contributed by atoms with van der Waals surface area (Å²) in [6.07, 6.45) is 1.81. The lowest BCUT2D eigenvalue weighted by Crippen LogP contribution is -1.97. The Kier molecular flexibility index (Phi) is 5.39. The van der Waals surface area contributed by atoms with E-state index in [-0.39, 0.29) is 0 Å². The van der Waals surface area contributed by atoms with Gasteiger partial charge in [-0.15, -0.1) is 16.4 Å². The molecule has 0 bridgehead atoms. The molecule has 4 heterocycles. The lowest BCUT2D eigenvalue weighted by molar-refractivity contribution is 0.303. The third kappa shape index (κ3) is 4.00. The molecular weight excluding hydrogens is 484 g/mol. The van der Waals surface area contributed by atoms with E-state index in [9.17, 15) is 0 Å². The fourth-order valence-corrected chi connectivity index (χ4v) is 5.38. The van der Waals surface area contributed by atoms with Crippen LogP contribution in [0.1, 0.15) is 11.3 Å². The summed E-state index contributed by atoms with van der Waals surface area (Å²) in [6.45, 7) is 2.42. The van der Waals surface area contributed by atoms with Crippen LogP contribution in [0.3, 0.4) is 0 Å². The Balaban J connectivity index is 1.30. The van der Waals surface area contributed by atoms with Crippen LogP contribution in [0.4, 0.5) is 0 Å². The molecule has 35 heavy (non-hydrogen) atoms. The Hall–Kier alpha value is -3.89. The topological polar surface area (TPSA) is 83.9 Å². The molecule has 0 saturated heterocycles. The monoisotopic (exact) mass is 504 g/mol. The maximum Gasteiger partial charge on any atom is 0.294 e. The number of rotatable bonds is 7. The quantitative estimate of drug-likeness (QED) is 0.255. The summed E-state index contributed by atoms with van der Waals surface area (Å²) < 4.78 is 24.6. The van der Waals surface area contributed by atoms with Crippen LogP contribution in [0.25, 0.3) is 38.0 Å². The molecule has 10 heteroatoms. The zero-order valence-electron chi connectivity index (χ0n) is 19.1. The van der Waals surface area contributed by atoms with E-state index < -0.39 is 0 Å². The van der Waals surface area contributed by atoms with E-state index in [0.717, 1.165) is 26.6 Å². The molecule has 8 nitrogen and oxygen atoms in total. The Morgan fingerprint density at radius 2 is 1.94 bits per heavy atom. The minimum atomic E-state index is 0.328. The molecule has 0 aliphatic carbocycles. The second kappa shape index (κ2) is 8.71. The smallest absolute Gasteiger partial charge is 0.294 e. The number of hydrogen-bond acceptors (Lipinski definition) is 9. The predicted octanol–water partition coefficient (Wildman–Crippen LogP) is 6.23. The molecule has 0 atom stereocenters. The molecule has 0 radical (unpaired) electrons. The Bertz CT molecular complexity index is 1630. The van der Waals surface area contributed by atoms with E-state index in [1.165, 1.54) is 16.9 Å². The summed E-state index contributed by atoms with van der Waals surface area (Å²) in [6, 6.07) is 13.9. The number of imidazole rings is 1. The van der Waals surface area contributed by atoms with Gasteiger partial charge < -0.3 is 18.6 Å². The summed E-state index contributed by atoms with van der Waals surface area (Å²) in [7, 11) is 3.20. The van der Waals surface area contributed by atoms with Crippen LogP contribution in [0, 0.1) is 6.92 Å². The van der Waals surface area contributed by atoms with Crippen molar-refractivity contribution in [3.8, 4) is 38.7 Å². The van der Waals surface area contributed by atoms with E-state index in [2.05, 4.69) is 29.1 Å². The molecule has 2 aromatic carbocycles. The van der Waals surface area contributed by atoms with E-state index in [1.54, 1.807) is 30.1 Å². The van der Waals surface area contributed by atoms with Crippen LogP contribution < -0.4 is 14.2 Å². The van der Waals surface area contributed by atoms with Gasteiger partial charge in [0, 0.05) is 23.1 Å². The van der Waals surface area contributed by atoms with Gasteiger partial charge in [-0.2, -0.15) is 0 Å². The second-order valence-corrected chi connectivity index (χ2v) is 9.60. The fourth-order valence-electron chi connectivity index (χ4n) is 3.79. The van der Waals surface area contributed by atoms with Crippen LogP contribution in [-0.2, 0) is 6.61 Å². The molecule has 6 rings (SSSR count). The number of benzene rings is 2. The lowest BCUT2D eigenvalue weighted by Gasteiger charge is -2.08. The summed E-state index contributed by atoms with van der Waals surface area (Å²) in [5.74, 6) is 1.91. The van der Waals surface area contributed by atoms with Crippen molar-refractivity contribution in [2.75, 3.05) is 14.2 Å². The molecule has 0 fully saturated rings. The molecule has 6 aromatic rings. The number of methoxy groups -OCH3 is 2. The first-order valence-corrected chi connectivity index (χ1v) is 12.5. The van der Waals surface area contributed by atoms with Gasteiger partial charge in [-0.05, 0) is 29.9 Å². The molecule has 176 valence electrons. The molecule has 0 amide bonds. The number of ether oxygens (including phenoxy) is 3. The van der Waals surface area contributed by atoms with E-state index in [4.69, 9.17) is 23.6 Å². The summed E-state index contributed by atoms with van der Waals surface area (Å²) >= 11 is 2.97. The number of thiazole rings is 1. The van der Waals surface area contributed by atoms with Crippen LogP contribution in [-0.4, -0.2) is 33.8 Å². The molecule has 0 spiro atoms. The highest BCUT2D eigenvalue weighted by Crippen LogP contribution is 2.38. The number of aromatic nitrogens is 4. The summed E-state index contributed by atoms with van der Waals surface area (Å²) in [5.41, 5.74) is 4.52. The van der Waals surface area contributed by atoms with Gasteiger partial charge in [0.1, 0.15) is 34.4 Å². The highest BCUT2D eigenvalue weighted by Gasteiger charge is 2.17. The van der Waals surface area contributed by atoms with E-state index in [0.29, 0.717) is 40.3 Å².